The molecule has 1 aromatic carbocycles. The summed E-state index contributed by atoms with van der Waals surface area (Å²) in [5.41, 5.74) is 1.44. The van der Waals surface area contributed by atoms with Crippen molar-refractivity contribution in [2.24, 2.45) is 0 Å². The summed E-state index contributed by atoms with van der Waals surface area (Å²) in [7, 11) is 0. The lowest BCUT2D eigenvalue weighted by molar-refractivity contribution is -0.116. The van der Waals surface area contributed by atoms with Crippen molar-refractivity contribution in [2.75, 3.05) is 0 Å². The van der Waals surface area contributed by atoms with Crippen LogP contribution in [-0.2, 0) is 11.2 Å². The van der Waals surface area contributed by atoms with Crippen molar-refractivity contribution in [3.63, 3.8) is 0 Å². The molecule has 70 valence electrons. The van der Waals surface area contributed by atoms with Gasteiger partial charge in [-0.15, -0.1) is 0 Å². The molecule has 0 bridgehead atoms. The summed E-state index contributed by atoms with van der Waals surface area (Å²) in [5, 5.41) is 0.372. The van der Waals surface area contributed by atoms with Crippen LogP contribution in [0, 0.1) is 12.7 Å². The third-order valence-electron chi connectivity index (χ3n) is 1.86. The maximum atomic E-state index is 12.9. The van der Waals surface area contributed by atoms with Gasteiger partial charge in [0.15, 0.2) is 0 Å². The Morgan fingerprint density at radius 3 is 2.69 bits per heavy atom. The third-order valence-corrected chi connectivity index (χ3v) is 2.25. The van der Waals surface area contributed by atoms with Crippen LogP contribution in [0.4, 0.5) is 4.39 Å². The Morgan fingerprint density at radius 1 is 1.54 bits per heavy atom. The molecule has 0 spiro atoms. The first-order chi connectivity index (χ1) is 6.00. The molecule has 0 unspecified atom stereocenters. The van der Waals surface area contributed by atoms with Crippen LogP contribution in [-0.4, -0.2) is 5.78 Å². The highest BCUT2D eigenvalue weighted by molar-refractivity contribution is 6.31. The molecular weight excluding hydrogens is 191 g/mol. The molecule has 0 aliphatic heterocycles. The molecule has 0 atom stereocenters. The Labute approximate surface area is 81.5 Å². The maximum absolute atomic E-state index is 12.9. The van der Waals surface area contributed by atoms with Crippen molar-refractivity contribution in [2.45, 2.75) is 20.3 Å². The fraction of sp³-hybridized carbons (Fsp3) is 0.300. The van der Waals surface area contributed by atoms with Gasteiger partial charge >= 0.3 is 0 Å². The molecule has 1 aromatic rings. The lowest BCUT2D eigenvalue weighted by atomic mass is 10.0. The minimum absolute atomic E-state index is 0.00441. The molecule has 0 fully saturated rings. The van der Waals surface area contributed by atoms with Crippen molar-refractivity contribution in [1.82, 2.24) is 0 Å². The monoisotopic (exact) mass is 200 g/mol. The van der Waals surface area contributed by atoms with Gasteiger partial charge in [0.2, 0.25) is 0 Å². The van der Waals surface area contributed by atoms with Gasteiger partial charge in [0.05, 0.1) is 0 Å². The lowest BCUT2D eigenvalue weighted by Gasteiger charge is -2.05. The van der Waals surface area contributed by atoms with E-state index in [1.165, 1.54) is 19.1 Å². The van der Waals surface area contributed by atoms with E-state index in [4.69, 9.17) is 11.6 Å². The van der Waals surface area contributed by atoms with E-state index in [2.05, 4.69) is 0 Å². The summed E-state index contributed by atoms with van der Waals surface area (Å²) in [6.45, 7) is 3.25. The zero-order chi connectivity index (χ0) is 10.0. The lowest BCUT2D eigenvalue weighted by Crippen LogP contribution is -2.00. The molecule has 0 aliphatic carbocycles. The second-order valence-corrected chi connectivity index (χ2v) is 3.46. The SMILES string of the molecule is CC(=O)Cc1cc(F)cc(Cl)c1C. The summed E-state index contributed by atoms with van der Waals surface area (Å²) in [4.78, 5) is 10.8. The number of carbonyl (C=O) groups excluding carboxylic acids is 1. The minimum Gasteiger partial charge on any atom is -0.300 e. The Bertz CT molecular complexity index is 347. The van der Waals surface area contributed by atoms with Gasteiger partial charge in [-0.25, -0.2) is 4.39 Å². The number of carbonyl (C=O) groups is 1. The average Bonchev–Trinajstić information content (AvgIpc) is 1.98. The van der Waals surface area contributed by atoms with E-state index in [1.54, 1.807) is 6.92 Å². The predicted octanol–water partition coefficient (Wildman–Crippen LogP) is 2.92. The van der Waals surface area contributed by atoms with Crippen LogP contribution in [0.5, 0.6) is 0 Å². The molecule has 0 radical (unpaired) electrons. The van der Waals surface area contributed by atoms with Crippen molar-refractivity contribution in [3.05, 3.63) is 34.1 Å². The molecule has 0 aliphatic rings. The highest BCUT2D eigenvalue weighted by Gasteiger charge is 2.07. The fourth-order valence-electron chi connectivity index (χ4n) is 1.15. The first kappa shape index (κ1) is 10.2. The van der Waals surface area contributed by atoms with Crippen LogP contribution in [0.1, 0.15) is 18.1 Å². The molecule has 0 saturated carbocycles. The van der Waals surface area contributed by atoms with Gasteiger partial charge in [-0.2, -0.15) is 0 Å². The quantitative estimate of drug-likeness (QED) is 0.718. The number of ketones is 1. The first-order valence-corrected chi connectivity index (χ1v) is 4.32. The number of halogens is 2. The molecule has 1 nitrogen and oxygen atoms in total. The Kier molecular flexibility index (Phi) is 3.04. The molecule has 1 rings (SSSR count). The summed E-state index contributed by atoms with van der Waals surface area (Å²) in [5.74, 6) is -0.392. The van der Waals surface area contributed by atoms with E-state index in [9.17, 15) is 9.18 Å². The van der Waals surface area contributed by atoms with Gasteiger partial charge in [-0.1, -0.05) is 11.6 Å². The van der Waals surface area contributed by atoms with Crippen LogP contribution in [0.2, 0.25) is 5.02 Å². The van der Waals surface area contributed by atoms with Crippen molar-refractivity contribution in [3.8, 4) is 0 Å². The van der Waals surface area contributed by atoms with Gasteiger partial charge in [-0.3, -0.25) is 4.79 Å². The molecule has 0 N–H and O–H groups in total. The van der Waals surface area contributed by atoms with Gasteiger partial charge in [0.25, 0.3) is 0 Å². The van der Waals surface area contributed by atoms with E-state index >= 15 is 0 Å². The number of Topliss-reactive ketones (excluding diaryl/α,β-unsaturated/α-hetero) is 1. The molecule has 0 heterocycles. The molecular formula is C10H10ClFO. The second kappa shape index (κ2) is 3.88. The van der Waals surface area contributed by atoms with Crippen molar-refractivity contribution < 1.29 is 9.18 Å². The molecule has 3 heteroatoms. The van der Waals surface area contributed by atoms with E-state index < -0.39 is 5.82 Å². The van der Waals surface area contributed by atoms with Crippen LogP contribution in [0.3, 0.4) is 0 Å². The number of rotatable bonds is 2. The van der Waals surface area contributed by atoms with Crippen LogP contribution < -0.4 is 0 Å². The fourth-order valence-corrected chi connectivity index (χ4v) is 1.38. The van der Waals surface area contributed by atoms with Crippen molar-refractivity contribution >= 4 is 17.4 Å². The third kappa shape index (κ3) is 2.52. The van der Waals surface area contributed by atoms with Gasteiger partial charge < -0.3 is 0 Å². The Morgan fingerprint density at radius 2 is 2.15 bits per heavy atom. The normalized spacial score (nSPS) is 10.2. The summed E-state index contributed by atoms with van der Waals surface area (Å²) >= 11 is 5.75. The van der Waals surface area contributed by atoms with Gasteiger partial charge in [0.1, 0.15) is 11.6 Å². The average molecular weight is 201 g/mol. The van der Waals surface area contributed by atoms with Crippen LogP contribution >= 0.6 is 11.6 Å². The predicted molar refractivity (Wildman–Crippen MR) is 50.5 cm³/mol. The largest absolute Gasteiger partial charge is 0.300 e. The zero-order valence-electron chi connectivity index (χ0n) is 7.53. The maximum Gasteiger partial charge on any atom is 0.134 e. The molecule has 0 amide bonds. The Balaban J connectivity index is 3.12. The molecule has 0 aromatic heterocycles. The highest BCUT2D eigenvalue weighted by atomic mass is 35.5. The second-order valence-electron chi connectivity index (χ2n) is 3.05. The number of hydrogen-bond acceptors (Lipinski definition) is 1. The smallest absolute Gasteiger partial charge is 0.134 e. The first-order valence-electron chi connectivity index (χ1n) is 3.94. The molecule has 13 heavy (non-hydrogen) atoms. The summed E-state index contributed by atoms with van der Waals surface area (Å²) in [6, 6.07) is 2.60. The Hall–Kier alpha value is -0.890. The van der Waals surface area contributed by atoms with Crippen LogP contribution in [0.15, 0.2) is 12.1 Å². The van der Waals surface area contributed by atoms with Crippen LogP contribution in [0.25, 0.3) is 0 Å². The van der Waals surface area contributed by atoms with E-state index in [0.29, 0.717) is 10.6 Å². The zero-order valence-corrected chi connectivity index (χ0v) is 8.28. The topological polar surface area (TPSA) is 17.1 Å². The molecule has 0 saturated heterocycles. The van der Waals surface area contributed by atoms with E-state index in [-0.39, 0.29) is 12.2 Å². The van der Waals surface area contributed by atoms with Gasteiger partial charge in [0, 0.05) is 11.4 Å². The van der Waals surface area contributed by atoms with Gasteiger partial charge in [-0.05, 0) is 37.1 Å². The summed E-state index contributed by atoms with van der Waals surface area (Å²) in [6.07, 6.45) is 0.239. The standard InChI is InChI=1S/C10H10ClFO/c1-6(13)3-8-4-9(12)5-10(11)7(8)2/h4-5H,3H2,1-2H3. The number of hydrogen-bond donors (Lipinski definition) is 0. The van der Waals surface area contributed by atoms with E-state index in [0.717, 1.165) is 5.56 Å². The number of benzene rings is 1. The van der Waals surface area contributed by atoms with E-state index in [1.807, 2.05) is 0 Å². The highest BCUT2D eigenvalue weighted by Crippen LogP contribution is 2.21. The summed E-state index contributed by atoms with van der Waals surface area (Å²) < 4.78 is 12.9. The van der Waals surface area contributed by atoms with Crippen molar-refractivity contribution in [1.29, 1.82) is 0 Å². The minimum atomic E-state index is -0.396.